The number of rotatable bonds is 5. The van der Waals surface area contributed by atoms with Crippen LogP contribution in [0.2, 0.25) is 0 Å². The number of sulfonamides is 1. The molecule has 0 fully saturated rings. The maximum atomic E-state index is 12.7. The summed E-state index contributed by atoms with van der Waals surface area (Å²) in [5, 5.41) is 0. The number of hydrogen-bond acceptors (Lipinski definition) is 5. The van der Waals surface area contributed by atoms with Crippen molar-refractivity contribution in [2.24, 2.45) is 0 Å². The summed E-state index contributed by atoms with van der Waals surface area (Å²) in [7, 11) is -3.73. The van der Waals surface area contributed by atoms with Crippen LogP contribution in [0.4, 0.5) is 5.69 Å². The Labute approximate surface area is 153 Å². The van der Waals surface area contributed by atoms with Crippen LogP contribution in [0.15, 0.2) is 59.8 Å². The van der Waals surface area contributed by atoms with Crippen molar-refractivity contribution < 1.29 is 13.2 Å². The second-order valence-electron chi connectivity index (χ2n) is 6.00. The zero-order valence-electron chi connectivity index (χ0n) is 14.7. The Morgan fingerprint density at radius 1 is 0.923 bits per heavy atom. The third-order valence-electron chi connectivity index (χ3n) is 3.71. The van der Waals surface area contributed by atoms with Gasteiger partial charge >= 0.3 is 6.01 Å². The minimum Gasteiger partial charge on any atom is -0.424 e. The second kappa shape index (κ2) is 7.13. The van der Waals surface area contributed by atoms with E-state index in [4.69, 9.17) is 4.74 Å². The lowest BCUT2D eigenvalue weighted by Crippen LogP contribution is -2.16. The zero-order valence-corrected chi connectivity index (χ0v) is 15.5. The second-order valence-corrected chi connectivity index (χ2v) is 7.62. The average molecular weight is 369 g/mol. The number of anilines is 1. The highest BCUT2D eigenvalue weighted by Crippen LogP contribution is 2.24. The number of hydrogen-bond donors (Lipinski definition) is 1. The van der Waals surface area contributed by atoms with Crippen LogP contribution in [0.1, 0.15) is 16.7 Å². The van der Waals surface area contributed by atoms with Gasteiger partial charge in [0.1, 0.15) is 5.75 Å². The fourth-order valence-corrected chi connectivity index (χ4v) is 4.30. The molecule has 0 aliphatic carbocycles. The van der Waals surface area contributed by atoms with Crippen LogP contribution in [0, 0.1) is 20.8 Å². The van der Waals surface area contributed by atoms with Crippen molar-refractivity contribution in [3.05, 3.63) is 71.5 Å². The fraction of sp³-hybridized carbons (Fsp3) is 0.158. The van der Waals surface area contributed by atoms with Crippen molar-refractivity contribution >= 4 is 15.7 Å². The van der Waals surface area contributed by atoms with Gasteiger partial charge in [-0.05, 0) is 44.0 Å². The van der Waals surface area contributed by atoms with E-state index in [1.165, 1.54) is 12.4 Å². The Bertz CT molecular complexity index is 995. The van der Waals surface area contributed by atoms with Crippen LogP contribution in [-0.4, -0.2) is 18.4 Å². The Kier molecular flexibility index (Phi) is 4.90. The highest BCUT2D eigenvalue weighted by molar-refractivity contribution is 7.92. The zero-order chi connectivity index (χ0) is 18.7. The van der Waals surface area contributed by atoms with Gasteiger partial charge in [-0.1, -0.05) is 35.9 Å². The summed E-state index contributed by atoms with van der Waals surface area (Å²) < 4.78 is 33.5. The van der Waals surface area contributed by atoms with Crippen molar-refractivity contribution in [3.63, 3.8) is 0 Å². The number of aryl methyl sites for hydroxylation is 3. The Morgan fingerprint density at radius 2 is 1.50 bits per heavy atom. The topological polar surface area (TPSA) is 81.2 Å². The lowest BCUT2D eigenvalue weighted by molar-refractivity contribution is 0.442. The van der Waals surface area contributed by atoms with E-state index in [-0.39, 0.29) is 16.6 Å². The van der Waals surface area contributed by atoms with Gasteiger partial charge in [0.05, 0.1) is 23.0 Å². The molecule has 7 heteroatoms. The van der Waals surface area contributed by atoms with E-state index in [1.54, 1.807) is 26.0 Å². The molecule has 3 rings (SSSR count). The van der Waals surface area contributed by atoms with Gasteiger partial charge in [0.25, 0.3) is 10.0 Å². The first-order valence-corrected chi connectivity index (χ1v) is 9.49. The van der Waals surface area contributed by atoms with Crippen LogP contribution in [-0.2, 0) is 10.0 Å². The molecule has 0 bridgehead atoms. The summed E-state index contributed by atoms with van der Waals surface area (Å²) in [6.07, 6.45) is 2.75. The molecule has 0 spiro atoms. The highest BCUT2D eigenvalue weighted by Gasteiger charge is 2.20. The first kappa shape index (κ1) is 17.9. The summed E-state index contributed by atoms with van der Waals surface area (Å²) in [5.74, 6) is 0.603. The Morgan fingerprint density at radius 3 is 2.08 bits per heavy atom. The molecule has 0 saturated heterocycles. The lowest BCUT2D eigenvalue weighted by Gasteiger charge is -2.13. The molecule has 0 radical (unpaired) electrons. The molecule has 134 valence electrons. The molecule has 3 aromatic rings. The van der Waals surface area contributed by atoms with E-state index >= 15 is 0 Å². The molecule has 6 nitrogen and oxygen atoms in total. The largest absolute Gasteiger partial charge is 0.424 e. The Hall–Kier alpha value is -2.93. The predicted molar refractivity (Wildman–Crippen MR) is 100 cm³/mol. The normalized spacial score (nSPS) is 11.2. The van der Waals surface area contributed by atoms with Gasteiger partial charge < -0.3 is 4.74 Å². The first-order valence-electron chi connectivity index (χ1n) is 8.01. The maximum Gasteiger partial charge on any atom is 0.322 e. The van der Waals surface area contributed by atoms with Gasteiger partial charge in [0.2, 0.25) is 0 Å². The molecule has 0 amide bonds. The van der Waals surface area contributed by atoms with Crippen molar-refractivity contribution in [3.8, 4) is 11.8 Å². The maximum absolute atomic E-state index is 12.7. The molecular formula is C19H19N3O3S. The van der Waals surface area contributed by atoms with Gasteiger partial charge in [-0.15, -0.1) is 0 Å². The molecular weight excluding hydrogens is 350 g/mol. The number of benzene rings is 2. The predicted octanol–water partition coefficient (Wildman–Crippen LogP) is 3.99. The summed E-state index contributed by atoms with van der Waals surface area (Å²) in [6, 6.07) is 12.9. The standard InChI is InChI=1S/C19H19N3O3S/c1-13-9-14(2)18(15(3)10-13)26(23,24)22-16-11-20-19(21-12-16)25-17-7-5-4-6-8-17/h4-12,22H,1-3H3. The van der Waals surface area contributed by atoms with Gasteiger partial charge in [0.15, 0.2) is 0 Å². The summed E-state index contributed by atoms with van der Waals surface area (Å²) in [4.78, 5) is 8.37. The Balaban J connectivity index is 1.80. The smallest absolute Gasteiger partial charge is 0.322 e. The van der Waals surface area contributed by atoms with Crippen molar-refractivity contribution in [1.82, 2.24) is 9.97 Å². The van der Waals surface area contributed by atoms with E-state index < -0.39 is 10.0 Å². The summed E-state index contributed by atoms with van der Waals surface area (Å²) in [6.45, 7) is 5.49. The number of nitrogens with zero attached hydrogens (tertiary/aromatic N) is 2. The van der Waals surface area contributed by atoms with Crippen LogP contribution >= 0.6 is 0 Å². The fourth-order valence-electron chi connectivity index (χ4n) is 2.81. The van der Waals surface area contributed by atoms with Crippen LogP contribution < -0.4 is 9.46 Å². The quantitative estimate of drug-likeness (QED) is 0.735. The SMILES string of the molecule is Cc1cc(C)c(S(=O)(=O)Nc2cnc(Oc3ccccc3)nc2)c(C)c1. The molecule has 26 heavy (non-hydrogen) atoms. The third-order valence-corrected chi connectivity index (χ3v) is 5.39. The highest BCUT2D eigenvalue weighted by atomic mass is 32.2. The monoisotopic (exact) mass is 369 g/mol. The summed E-state index contributed by atoms with van der Waals surface area (Å²) in [5.41, 5.74) is 2.68. The number of aromatic nitrogens is 2. The number of nitrogens with one attached hydrogen (secondary N) is 1. The number of ether oxygens (including phenoxy) is 1. The molecule has 2 aromatic carbocycles. The molecule has 0 aliphatic heterocycles. The van der Waals surface area contributed by atoms with Crippen molar-refractivity contribution in [2.75, 3.05) is 4.72 Å². The van der Waals surface area contributed by atoms with E-state index in [0.717, 1.165) is 5.56 Å². The van der Waals surface area contributed by atoms with Gasteiger partial charge in [-0.2, -0.15) is 0 Å². The van der Waals surface area contributed by atoms with Gasteiger partial charge in [-0.25, -0.2) is 18.4 Å². The summed E-state index contributed by atoms with van der Waals surface area (Å²) >= 11 is 0. The molecule has 1 aromatic heterocycles. The first-order chi connectivity index (χ1) is 12.3. The van der Waals surface area contributed by atoms with E-state index in [9.17, 15) is 8.42 Å². The van der Waals surface area contributed by atoms with Gasteiger partial charge in [-0.3, -0.25) is 4.72 Å². The van der Waals surface area contributed by atoms with Crippen molar-refractivity contribution in [1.29, 1.82) is 0 Å². The van der Waals surface area contributed by atoms with E-state index in [1.807, 2.05) is 37.3 Å². The third kappa shape index (κ3) is 4.00. The number of para-hydroxylation sites is 1. The van der Waals surface area contributed by atoms with Crippen LogP contribution in [0.25, 0.3) is 0 Å². The van der Waals surface area contributed by atoms with Crippen LogP contribution in [0.3, 0.4) is 0 Å². The van der Waals surface area contributed by atoms with E-state index in [0.29, 0.717) is 16.9 Å². The molecule has 1 heterocycles. The molecule has 0 saturated carbocycles. The molecule has 0 unspecified atom stereocenters. The van der Waals surface area contributed by atoms with Crippen molar-refractivity contribution in [2.45, 2.75) is 25.7 Å². The minimum absolute atomic E-state index is 0.141. The van der Waals surface area contributed by atoms with Crippen LogP contribution in [0.5, 0.6) is 11.8 Å². The molecule has 1 N–H and O–H groups in total. The minimum atomic E-state index is -3.73. The molecule has 0 atom stereocenters. The average Bonchev–Trinajstić information content (AvgIpc) is 2.56. The molecule has 0 aliphatic rings. The van der Waals surface area contributed by atoms with E-state index in [2.05, 4.69) is 14.7 Å². The lowest BCUT2D eigenvalue weighted by atomic mass is 10.1. The van der Waals surface area contributed by atoms with Gasteiger partial charge in [0, 0.05) is 0 Å².